The predicted octanol–water partition coefficient (Wildman–Crippen LogP) is 3.19. The van der Waals surface area contributed by atoms with Crippen LogP contribution in [0.3, 0.4) is 0 Å². The van der Waals surface area contributed by atoms with Gasteiger partial charge in [0.25, 0.3) is 0 Å². The van der Waals surface area contributed by atoms with Gasteiger partial charge < -0.3 is 5.73 Å². The van der Waals surface area contributed by atoms with E-state index in [2.05, 4.69) is 18.7 Å². The molecular weight excluding hydrogens is 239 g/mol. The minimum absolute atomic E-state index is 0.156. The molecule has 1 heterocycles. The van der Waals surface area contributed by atoms with Crippen molar-refractivity contribution in [2.24, 2.45) is 17.6 Å². The molecule has 0 radical (unpaired) electrons. The van der Waals surface area contributed by atoms with Crippen molar-refractivity contribution in [2.75, 3.05) is 19.6 Å². The van der Waals surface area contributed by atoms with E-state index in [0.29, 0.717) is 6.54 Å². The zero-order chi connectivity index (χ0) is 13.8. The third-order valence-corrected chi connectivity index (χ3v) is 4.41. The summed E-state index contributed by atoms with van der Waals surface area (Å²) in [4.78, 5) is 2.41. The van der Waals surface area contributed by atoms with Crippen LogP contribution in [-0.2, 0) is 0 Å². The molecule has 1 aliphatic rings. The molecule has 2 nitrogen and oxygen atoms in total. The second-order valence-corrected chi connectivity index (χ2v) is 5.92. The van der Waals surface area contributed by atoms with Crippen LogP contribution in [0, 0.1) is 17.7 Å². The van der Waals surface area contributed by atoms with Gasteiger partial charge in [-0.25, -0.2) is 4.39 Å². The van der Waals surface area contributed by atoms with Crippen LogP contribution in [-0.4, -0.2) is 24.5 Å². The maximum Gasteiger partial charge on any atom is 0.123 e. The number of hydrogen-bond acceptors (Lipinski definition) is 2. The topological polar surface area (TPSA) is 29.3 Å². The van der Waals surface area contributed by atoms with Crippen molar-refractivity contribution in [3.05, 3.63) is 35.6 Å². The number of likely N-dealkylation sites (tertiary alicyclic amines) is 1. The molecule has 1 aromatic carbocycles. The van der Waals surface area contributed by atoms with Gasteiger partial charge in [-0.15, -0.1) is 0 Å². The molecule has 1 atom stereocenters. The molecule has 0 aliphatic carbocycles. The molecule has 3 heteroatoms. The Hall–Kier alpha value is -0.930. The van der Waals surface area contributed by atoms with Crippen LogP contribution in [0.1, 0.15) is 38.3 Å². The first-order valence-electron chi connectivity index (χ1n) is 7.31. The number of rotatable bonds is 4. The summed E-state index contributed by atoms with van der Waals surface area (Å²) in [5, 5.41) is 0. The lowest BCUT2D eigenvalue weighted by molar-refractivity contribution is 0.117. The fourth-order valence-electron chi connectivity index (χ4n) is 3.11. The molecule has 2 rings (SSSR count). The first kappa shape index (κ1) is 14.5. The number of benzene rings is 1. The molecule has 19 heavy (non-hydrogen) atoms. The summed E-state index contributed by atoms with van der Waals surface area (Å²) in [5.41, 5.74) is 6.92. The Bertz CT molecular complexity index is 397. The van der Waals surface area contributed by atoms with Crippen LogP contribution in [0.25, 0.3) is 0 Å². The third kappa shape index (κ3) is 3.54. The Labute approximate surface area is 115 Å². The second kappa shape index (κ2) is 6.49. The molecule has 1 aromatic rings. The Morgan fingerprint density at radius 2 is 2.00 bits per heavy atom. The minimum Gasteiger partial charge on any atom is -0.329 e. The van der Waals surface area contributed by atoms with E-state index in [-0.39, 0.29) is 11.9 Å². The van der Waals surface area contributed by atoms with Gasteiger partial charge in [0.05, 0.1) is 0 Å². The SMILES string of the molecule is CC(C)C1CCN(C(CN)c2cccc(F)c2)CC1. The number of piperidine rings is 1. The van der Waals surface area contributed by atoms with Crippen LogP contribution in [0.2, 0.25) is 0 Å². The van der Waals surface area contributed by atoms with Crippen LogP contribution in [0.5, 0.6) is 0 Å². The lowest BCUT2D eigenvalue weighted by atomic mass is 9.86. The minimum atomic E-state index is -0.173. The Morgan fingerprint density at radius 1 is 1.32 bits per heavy atom. The van der Waals surface area contributed by atoms with E-state index in [1.54, 1.807) is 12.1 Å². The van der Waals surface area contributed by atoms with Crippen molar-refractivity contribution in [1.29, 1.82) is 0 Å². The molecule has 0 saturated carbocycles. The van der Waals surface area contributed by atoms with E-state index >= 15 is 0 Å². The van der Waals surface area contributed by atoms with Gasteiger partial charge in [-0.3, -0.25) is 4.90 Å². The van der Waals surface area contributed by atoms with E-state index in [0.717, 1.165) is 30.5 Å². The smallest absolute Gasteiger partial charge is 0.123 e. The quantitative estimate of drug-likeness (QED) is 0.905. The molecule has 1 fully saturated rings. The van der Waals surface area contributed by atoms with Crippen molar-refractivity contribution in [2.45, 2.75) is 32.7 Å². The van der Waals surface area contributed by atoms with Crippen molar-refractivity contribution < 1.29 is 4.39 Å². The number of nitrogens with two attached hydrogens (primary N) is 1. The van der Waals surface area contributed by atoms with Gasteiger partial charge in [-0.2, -0.15) is 0 Å². The highest BCUT2D eigenvalue weighted by atomic mass is 19.1. The van der Waals surface area contributed by atoms with Crippen molar-refractivity contribution in [3.63, 3.8) is 0 Å². The largest absolute Gasteiger partial charge is 0.329 e. The highest BCUT2D eigenvalue weighted by molar-refractivity contribution is 5.20. The van der Waals surface area contributed by atoms with E-state index in [9.17, 15) is 4.39 Å². The monoisotopic (exact) mass is 264 g/mol. The van der Waals surface area contributed by atoms with Crippen molar-refractivity contribution >= 4 is 0 Å². The Morgan fingerprint density at radius 3 is 2.53 bits per heavy atom. The fraction of sp³-hybridized carbons (Fsp3) is 0.625. The Kier molecular flexibility index (Phi) is 4.94. The molecule has 106 valence electrons. The average Bonchev–Trinajstić information content (AvgIpc) is 2.40. The maximum absolute atomic E-state index is 13.3. The highest BCUT2D eigenvalue weighted by Gasteiger charge is 2.26. The van der Waals surface area contributed by atoms with Gasteiger partial charge in [0.1, 0.15) is 5.82 Å². The van der Waals surface area contributed by atoms with Gasteiger partial charge in [-0.1, -0.05) is 26.0 Å². The lowest BCUT2D eigenvalue weighted by Crippen LogP contribution is -2.40. The number of halogens is 1. The Balaban J connectivity index is 2.03. The summed E-state index contributed by atoms with van der Waals surface area (Å²) in [5.74, 6) is 1.41. The molecule has 0 aromatic heterocycles. The summed E-state index contributed by atoms with van der Waals surface area (Å²) in [6.07, 6.45) is 2.45. The van der Waals surface area contributed by atoms with Gasteiger partial charge in [0, 0.05) is 12.6 Å². The standard InChI is InChI=1S/C16H25FN2/c1-12(2)13-6-8-19(9-7-13)16(11-18)14-4-3-5-15(17)10-14/h3-5,10,12-13,16H,6-9,11,18H2,1-2H3. The van der Waals surface area contributed by atoms with Crippen LogP contribution < -0.4 is 5.73 Å². The first-order chi connectivity index (χ1) is 9.11. The zero-order valence-corrected chi connectivity index (χ0v) is 12.0. The van der Waals surface area contributed by atoms with Crippen LogP contribution in [0.4, 0.5) is 4.39 Å². The molecule has 0 amide bonds. The molecule has 1 aliphatic heterocycles. The van der Waals surface area contributed by atoms with Crippen molar-refractivity contribution in [1.82, 2.24) is 4.90 Å². The normalized spacial score (nSPS) is 19.8. The van der Waals surface area contributed by atoms with E-state index < -0.39 is 0 Å². The van der Waals surface area contributed by atoms with Crippen molar-refractivity contribution in [3.8, 4) is 0 Å². The molecular formula is C16H25FN2. The summed E-state index contributed by atoms with van der Waals surface area (Å²) in [6, 6.07) is 7.01. The van der Waals surface area contributed by atoms with Crippen LogP contribution >= 0.6 is 0 Å². The predicted molar refractivity (Wildman–Crippen MR) is 77.3 cm³/mol. The third-order valence-electron chi connectivity index (χ3n) is 4.41. The van der Waals surface area contributed by atoms with Crippen LogP contribution in [0.15, 0.2) is 24.3 Å². The van der Waals surface area contributed by atoms with E-state index in [1.165, 1.54) is 18.9 Å². The van der Waals surface area contributed by atoms with Gasteiger partial charge in [0.15, 0.2) is 0 Å². The van der Waals surface area contributed by atoms with Gasteiger partial charge >= 0.3 is 0 Å². The van der Waals surface area contributed by atoms with Gasteiger partial charge in [-0.05, 0) is 55.5 Å². The zero-order valence-electron chi connectivity index (χ0n) is 12.0. The molecule has 0 bridgehead atoms. The summed E-state index contributed by atoms with van der Waals surface area (Å²) < 4.78 is 13.3. The van der Waals surface area contributed by atoms with E-state index in [1.807, 2.05) is 6.07 Å². The number of nitrogens with zero attached hydrogens (tertiary/aromatic N) is 1. The summed E-state index contributed by atoms with van der Waals surface area (Å²) >= 11 is 0. The summed E-state index contributed by atoms with van der Waals surface area (Å²) in [7, 11) is 0. The lowest BCUT2D eigenvalue weighted by Gasteiger charge is -2.38. The van der Waals surface area contributed by atoms with Gasteiger partial charge in [0.2, 0.25) is 0 Å². The summed E-state index contributed by atoms with van der Waals surface area (Å²) in [6.45, 7) is 7.29. The number of hydrogen-bond donors (Lipinski definition) is 1. The maximum atomic E-state index is 13.3. The highest BCUT2D eigenvalue weighted by Crippen LogP contribution is 2.29. The average molecular weight is 264 g/mol. The van der Waals surface area contributed by atoms with E-state index in [4.69, 9.17) is 5.73 Å². The molecule has 2 N–H and O–H groups in total. The first-order valence-corrected chi connectivity index (χ1v) is 7.31. The molecule has 1 unspecified atom stereocenters. The fourth-order valence-corrected chi connectivity index (χ4v) is 3.11. The molecule has 0 spiro atoms. The second-order valence-electron chi connectivity index (χ2n) is 5.92. The molecule has 1 saturated heterocycles.